The minimum absolute atomic E-state index is 0.0102. The number of benzene rings is 2. The predicted octanol–water partition coefficient (Wildman–Crippen LogP) is 3.24. The molecule has 0 bridgehead atoms. The van der Waals surface area contributed by atoms with Crippen LogP contribution in [0.15, 0.2) is 60.9 Å². The normalized spacial score (nSPS) is 10.4. The monoisotopic (exact) mass is 337 g/mol. The topological polar surface area (TPSA) is 87.3 Å². The Morgan fingerprint density at radius 3 is 2.68 bits per heavy atom. The van der Waals surface area contributed by atoms with Crippen LogP contribution in [-0.2, 0) is 11.2 Å². The summed E-state index contributed by atoms with van der Waals surface area (Å²) in [6, 6.07) is 13.8. The van der Waals surface area contributed by atoms with Gasteiger partial charge in [0.1, 0.15) is 5.75 Å². The van der Waals surface area contributed by atoms with Crippen molar-refractivity contribution in [3.05, 3.63) is 82.2 Å². The van der Waals surface area contributed by atoms with E-state index >= 15 is 0 Å². The van der Waals surface area contributed by atoms with Gasteiger partial charge >= 0.3 is 5.97 Å². The molecule has 7 nitrogen and oxygen atoms in total. The molecule has 0 radical (unpaired) electrons. The molecule has 25 heavy (non-hydrogen) atoms. The lowest BCUT2D eigenvalue weighted by Gasteiger charge is -2.04. The minimum atomic E-state index is -0.473. The highest BCUT2D eigenvalue weighted by molar-refractivity contribution is 5.75. The number of esters is 1. The number of aryl methyl sites for hydroxylation is 1. The van der Waals surface area contributed by atoms with Crippen LogP contribution in [0.2, 0.25) is 0 Å². The first-order valence-electron chi connectivity index (χ1n) is 7.57. The molecule has 0 aliphatic heterocycles. The maximum atomic E-state index is 12.1. The molecule has 3 aromatic rings. The highest BCUT2D eigenvalue weighted by Gasteiger charge is 2.13. The molecule has 0 saturated carbocycles. The van der Waals surface area contributed by atoms with E-state index in [0.29, 0.717) is 11.1 Å². The number of nitro groups is 1. The Labute approximate surface area is 143 Å². The molecule has 7 heteroatoms. The molecule has 126 valence electrons. The Kier molecular flexibility index (Phi) is 4.56. The van der Waals surface area contributed by atoms with Gasteiger partial charge in [-0.25, -0.2) is 4.68 Å². The summed E-state index contributed by atoms with van der Waals surface area (Å²) in [5, 5.41) is 15.0. The molecule has 0 atom stereocenters. The van der Waals surface area contributed by atoms with Crippen molar-refractivity contribution >= 4 is 11.7 Å². The number of nitrogens with zero attached hydrogens (tertiary/aromatic N) is 3. The van der Waals surface area contributed by atoms with Gasteiger partial charge in [0.15, 0.2) is 0 Å². The van der Waals surface area contributed by atoms with Crippen molar-refractivity contribution in [3.63, 3.8) is 0 Å². The number of hydrogen-bond donors (Lipinski definition) is 0. The summed E-state index contributed by atoms with van der Waals surface area (Å²) < 4.78 is 6.93. The zero-order valence-corrected chi connectivity index (χ0v) is 13.5. The standard InChI is InChI=1S/C18H15N3O4/c1-13-9-16(7-8-17(13)21(23)24)25-18(22)10-14-11-19-20(12-14)15-5-3-2-4-6-15/h2-9,11-12H,10H2,1H3. The van der Waals surface area contributed by atoms with E-state index in [1.165, 1.54) is 18.2 Å². The zero-order chi connectivity index (χ0) is 17.8. The molecule has 0 spiro atoms. The van der Waals surface area contributed by atoms with Crippen LogP contribution in [0.5, 0.6) is 5.75 Å². The third-order valence-corrected chi connectivity index (χ3v) is 3.60. The molecule has 1 aromatic heterocycles. The van der Waals surface area contributed by atoms with Gasteiger partial charge in [-0.15, -0.1) is 0 Å². The number of carbonyl (C=O) groups excluding carboxylic acids is 1. The molecule has 0 unspecified atom stereocenters. The van der Waals surface area contributed by atoms with Gasteiger partial charge in [-0.3, -0.25) is 14.9 Å². The molecular weight excluding hydrogens is 322 g/mol. The Bertz CT molecular complexity index is 919. The SMILES string of the molecule is Cc1cc(OC(=O)Cc2cnn(-c3ccccc3)c2)ccc1[N+](=O)[O-]. The van der Waals surface area contributed by atoms with E-state index in [4.69, 9.17) is 4.74 Å². The fourth-order valence-electron chi connectivity index (χ4n) is 2.40. The van der Waals surface area contributed by atoms with Crippen LogP contribution in [0.1, 0.15) is 11.1 Å². The highest BCUT2D eigenvalue weighted by Crippen LogP contribution is 2.23. The van der Waals surface area contributed by atoms with Gasteiger partial charge in [0.25, 0.3) is 5.69 Å². The highest BCUT2D eigenvalue weighted by atomic mass is 16.6. The van der Waals surface area contributed by atoms with E-state index in [2.05, 4.69) is 5.10 Å². The number of rotatable bonds is 5. The average molecular weight is 337 g/mol. The Morgan fingerprint density at radius 1 is 1.24 bits per heavy atom. The smallest absolute Gasteiger partial charge is 0.315 e. The summed E-state index contributed by atoms with van der Waals surface area (Å²) in [7, 11) is 0. The molecule has 1 heterocycles. The summed E-state index contributed by atoms with van der Waals surface area (Å²) in [5.74, 6) is -0.176. The Hall–Kier alpha value is -3.48. The second-order valence-electron chi connectivity index (χ2n) is 5.48. The number of hydrogen-bond acceptors (Lipinski definition) is 5. The first-order valence-corrected chi connectivity index (χ1v) is 7.57. The molecule has 0 amide bonds. The second-order valence-corrected chi connectivity index (χ2v) is 5.48. The molecule has 0 fully saturated rings. The molecule has 0 aliphatic rings. The molecule has 2 aromatic carbocycles. The number of carbonyl (C=O) groups is 1. The van der Waals surface area contributed by atoms with Gasteiger partial charge in [0.05, 0.1) is 23.2 Å². The van der Waals surface area contributed by atoms with Gasteiger partial charge in [-0.1, -0.05) is 18.2 Å². The van der Waals surface area contributed by atoms with Crippen LogP contribution in [0, 0.1) is 17.0 Å². The Morgan fingerprint density at radius 2 is 2.00 bits per heavy atom. The van der Waals surface area contributed by atoms with E-state index in [-0.39, 0.29) is 17.9 Å². The van der Waals surface area contributed by atoms with E-state index in [9.17, 15) is 14.9 Å². The number of nitro benzene ring substituents is 1. The average Bonchev–Trinajstić information content (AvgIpc) is 3.03. The van der Waals surface area contributed by atoms with E-state index < -0.39 is 10.9 Å². The summed E-state index contributed by atoms with van der Waals surface area (Å²) >= 11 is 0. The van der Waals surface area contributed by atoms with Gasteiger partial charge < -0.3 is 4.74 Å². The lowest BCUT2D eigenvalue weighted by atomic mass is 10.2. The van der Waals surface area contributed by atoms with Crippen LogP contribution in [-0.4, -0.2) is 20.7 Å². The largest absolute Gasteiger partial charge is 0.426 e. The van der Waals surface area contributed by atoms with Crippen molar-refractivity contribution in [2.24, 2.45) is 0 Å². The predicted molar refractivity (Wildman–Crippen MR) is 90.7 cm³/mol. The van der Waals surface area contributed by atoms with Gasteiger partial charge in [0, 0.05) is 23.4 Å². The molecular formula is C18H15N3O4. The quantitative estimate of drug-likeness (QED) is 0.309. The molecule has 3 rings (SSSR count). The fraction of sp³-hybridized carbons (Fsp3) is 0.111. The lowest BCUT2D eigenvalue weighted by molar-refractivity contribution is -0.385. The molecule has 0 saturated heterocycles. The van der Waals surface area contributed by atoms with Crippen molar-refractivity contribution in [1.82, 2.24) is 9.78 Å². The third-order valence-electron chi connectivity index (χ3n) is 3.60. The van der Waals surface area contributed by atoms with Crippen molar-refractivity contribution < 1.29 is 14.5 Å². The fourth-order valence-corrected chi connectivity index (χ4v) is 2.40. The third kappa shape index (κ3) is 3.89. The van der Waals surface area contributed by atoms with Crippen LogP contribution < -0.4 is 4.74 Å². The van der Waals surface area contributed by atoms with Crippen molar-refractivity contribution in [2.45, 2.75) is 13.3 Å². The Balaban J connectivity index is 1.66. The summed E-state index contributed by atoms with van der Waals surface area (Å²) in [6.07, 6.45) is 3.43. The van der Waals surface area contributed by atoms with Gasteiger partial charge in [-0.2, -0.15) is 5.10 Å². The first-order chi connectivity index (χ1) is 12.0. The van der Waals surface area contributed by atoms with Gasteiger partial charge in [-0.05, 0) is 31.2 Å². The number of ether oxygens (including phenoxy) is 1. The van der Waals surface area contributed by atoms with Crippen molar-refractivity contribution in [2.75, 3.05) is 0 Å². The maximum absolute atomic E-state index is 12.1. The lowest BCUT2D eigenvalue weighted by Crippen LogP contribution is -2.11. The summed E-state index contributed by atoms with van der Waals surface area (Å²) in [6.45, 7) is 1.60. The van der Waals surface area contributed by atoms with E-state index in [1.807, 2.05) is 30.3 Å². The van der Waals surface area contributed by atoms with Crippen molar-refractivity contribution in [3.8, 4) is 11.4 Å². The van der Waals surface area contributed by atoms with Crippen LogP contribution in [0.25, 0.3) is 5.69 Å². The zero-order valence-electron chi connectivity index (χ0n) is 13.5. The first kappa shape index (κ1) is 16.4. The van der Waals surface area contributed by atoms with Crippen molar-refractivity contribution in [1.29, 1.82) is 0 Å². The maximum Gasteiger partial charge on any atom is 0.315 e. The molecule has 0 aliphatic carbocycles. The van der Waals surface area contributed by atoms with Crippen LogP contribution in [0.4, 0.5) is 5.69 Å². The van der Waals surface area contributed by atoms with E-state index in [1.54, 1.807) is 24.0 Å². The van der Waals surface area contributed by atoms with Gasteiger partial charge in [0.2, 0.25) is 0 Å². The second kappa shape index (κ2) is 6.96. The number of para-hydroxylation sites is 1. The molecule has 0 N–H and O–H groups in total. The minimum Gasteiger partial charge on any atom is -0.426 e. The van der Waals surface area contributed by atoms with Crippen LogP contribution in [0.3, 0.4) is 0 Å². The number of aromatic nitrogens is 2. The van der Waals surface area contributed by atoms with Crippen LogP contribution >= 0.6 is 0 Å². The van der Waals surface area contributed by atoms with E-state index in [0.717, 1.165) is 5.69 Å². The summed E-state index contributed by atoms with van der Waals surface area (Å²) in [5.41, 5.74) is 2.04. The summed E-state index contributed by atoms with van der Waals surface area (Å²) in [4.78, 5) is 22.4.